The number of aromatic nitrogens is 1. The highest BCUT2D eigenvalue weighted by Gasteiger charge is 2.19. The number of aryl methyl sites for hydroxylation is 1. The lowest BCUT2D eigenvalue weighted by Crippen LogP contribution is -2.44. The Morgan fingerprint density at radius 2 is 1.88 bits per heavy atom. The molecule has 0 spiro atoms. The maximum atomic E-state index is 12.2. The molecule has 1 unspecified atom stereocenters. The second-order valence-electron chi connectivity index (χ2n) is 7.36. The minimum absolute atomic E-state index is 0.0729. The number of nitrogens with zero attached hydrogens (tertiary/aromatic N) is 1. The number of hydrogen-bond donors (Lipinski definition) is 1. The van der Waals surface area contributed by atoms with E-state index in [1.54, 1.807) is 26.2 Å². The minimum atomic E-state index is -0.419. The van der Waals surface area contributed by atoms with Crippen molar-refractivity contribution in [3.63, 3.8) is 0 Å². The van der Waals surface area contributed by atoms with Gasteiger partial charge in [-0.15, -0.1) is 0 Å². The lowest BCUT2D eigenvalue weighted by Gasteiger charge is -2.25. The van der Waals surface area contributed by atoms with Crippen LogP contribution in [0.2, 0.25) is 0 Å². The quantitative estimate of drug-likeness (QED) is 0.769. The Kier molecular flexibility index (Phi) is 6.42. The van der Waals surface area contributed by atoms with Crippen LogP contribution >= 0.6 is 0 Å². The average molecular weight is 360 g/mol. The van der Waals surface area contributed by atoms with E-state index in [1.807, 2.05) is 39.0 Å². The number of carbonyl (C=O) groups is 1. The van der Waals surface area contributed by atoms with Crippen LogP contribution in [-0.4, -0.2) is 35.3 Å². The average Bonchev–Trinajstić information content (AvgIpc) is 2.60. The van der Waals surface area contributed by atoms with Crippen molar-refractivity contribution in [2.75, 3.05) is 13.2 Å². The molecule has 0 radical (unpaired) electrons. The highest BCUT2D eigenvalue weighted by atomic mass is 16.6. The van der Waals surface area contributed by atoms with Gasteiger partial charge in [0.1, 0.15) is 18.5 Å². The molecule has 0 bridgehead atoms. The van der Waals surface area contributed by atoms with E-state index in [0.29, 0.717) is 24.1 Å². The van der Waals surface area contributed by atoms with Gasteiger partial charge in [-0.2, -0.15) is 0 Å². The van der Waals surface area contributed by atoms with Gasteiger partial charge < -0.3 is 19.4 Å². The number of benzene rings is 1. The van der Waals surface area contributed by atoms with Crippen molar-refractivity contribution < 1.29 is 14.3 Å². The predicted octanol–water partition coefficient (Wildman–Crippen LogP) is 2.63. The summed E-state index contributed by atoms with van der Waals surface area (Å²) in [6.45, 7) is 8.60. The van der Waals surface area contributed by atoms with Gasteiger partial charge in [-0.05, 0) is 26.8 Å². The Bertz CT molecular complexity index is 821. The van der Waals surface area contributed by atoms with E-state index in [9.17, 15) is 9.59 Å². The van der Waals surface area contributed by atoms with Crippen LogP contribution in [-0.2, 0) is 16.6 Å². The molecule has 26 heavy (non-hydrogen) atoms. The molecule has 0 aliphatic rings. The lowest BCUT2D eigenvalue weighted by molar-refractivity contribution is -0.150. The van der Waals surface area contributed by atoms with E-state index in [-0.39, 0.29) is 23.7 Å². The summed E-state index contributed by atoms with van der Waals surface area (Å²) in [5, 5.41) is 4.68. The van der Waals surface area contributed by atoms with E-state index in [1.165, 1.54) is 4.57 Å². The van der Waals surface area contributed by atoms with Crippen LogP contribution in [0.25, 0.3) is 10.8 Å². The van der Waals surface area contributed by atoms with Gasteiger partial charge >= 0.3 is 5.97 Å². The maximum absolute atomic E-state index is 12.2. The molecule has 1 aromatic heterocycles. The zero-order chi connectivity index (χ0) is 19.3. The smallest absolute Gasteiger partial charge is 0.305 e. The number of esters is 1. The SMILES string of the molecule is CCC(=O)OC(CNC(C)(C)C)COc1cn(C)c(=O)c2ccccc12. The Balaban J connectivity index is 2.19. The monoisotopic (exact) mass is 360 g/mol. The summed E-state index contributed by atoms with van der Waals surface area (Å²) in [4.78, 5) is 24.0. The van der Waals surface area contributed by atoms with Crippen molar-refractivity contribution in [2.45, 2.75) is 45.8 Å². The van der Waals surface area contributed by atoms with Crippen molar-refractivity contribution >= 4 is 16.7 Å². The molecule has 2 aromatic rings. The molecule has 0 fully saturated rings. The van der Waals surface area contributed by atoms with E-state index < -0.39 is 6.10 Å². The first-order valence-electron chi connectivity index (χ1n) is 8.87. The van der Waals surface area contributed by atoms with Gasteiger partial charge in [0.15, 0.2) is 0 Å². The summed E-state index contributed by atoms with van der Waals surface area (Å²) in [6.07, 6.45) is 1.56. The lowest BCUT2D eigenvalue weighted by atomic mass is 10.1. The van der Waals surface area contributed by atoms with Crippen LogP contribution in [0.5, 0.6) is 5.75 Å². The fourth-order valence-corrected chi connectivity index (χ4v) is 2.50. The standard InChI is InChI=1S/C20H28N2O4/c1-6-18(23)26-14(11-21-20(2,3)4)13-25-17-12-22(5)19(24)16-10-8-7-9-15(16)17/h7-10,12,14,21H,6,11,13H2,1-5H3. The number of rotatable bonds is 7. The Morgan fingerprint density at radius 3 is 2.50 bits per heavy atom. The molecule has 1 aromatic carbocycles. The van der Waals surface area contributed by atoms with Gasteiger partial charge in [0.05, 0.1) is 5.39 Å². The third-order valence-electron chi connectivity index (χ3n) is 3.93. The van der Waals surface area contributed by atoms with Crippen molar-refractivity contribution in [3.05, 3.63) is 40.8 Å². The number of hydrogen-bond acceptors (Lipinski definition) is 5. The molecule has 0 aliphatic heterocycles. The Morgan fingerprint density at radius 1 is 1.23 bits per heavy atom. The largest absolute Gasteiger partial charge is 0.487 e. The maximum Gasteiger partial charge on any atom is 0.305 e. The van der Waals surface area contributed by atoms with E-state index in [0.717, 1.165) is 5.39 Å². The number of carbonyl (C=O) groups excluding carboxylic acids is 1. The van der Waals surface area contributed by atoms with Gasteiger partial charge in [0.2, 0.25) is 0 Å². The van der Waals surface area contributed by atoms with Crippen molar-refractivity contribution in [1.29, 1.82) is 0 Å². The highest BCUT2D eigenvalue weighted by molar-refractivity contribution is 5.87. The summed E-state index contributed by atoms with van der Waals surface area (Å²) in [7, 11) is 1.69. The third-order valence-corrected chi connectivity index (χ3v) is 3.93. The van der Waals surface area contributed by atoms with Crippen LogP contribution in [0.4, 0.5) is 0 Å². The molecule has 1 N–H and O–H groups in total. The zero-order valence-electron chi connectivity index (χ0n) is 16.2. The van der Waals surface area contributed by atoms with Crippen molar-refractivity contribution in [3.8, 4) is 5.75 Å². The predicted molar refractivity (Wildman–Crippen MR) is 103 cm³/mol. The molecule has 0 saturated heterocycles. The Hall–Kier alpha value is -2.34. The van der Waals surface area contributed by atoms with Crippen molar-refractivity contribution in [2.24, 2.45) is 7.05 Å². The molecule has 1 heterocycles. The molecule has 1 atom stereocenters. The van der Waals surface area contributed by atoms with Gasteiger partial charge in [-0.25, -0.2) is 0 Å². The first-order chi connectivity index (χ1) is 12.2. The first kappa shape index (κ1) is 20.0. The van der Waals surface area contributed by atoms with Gasteiger partial charge in [-0.1, -0.05) is 25.1 Å². The van der Waals surface area contributed by atoms with Crippen LogP contribution in [0.15, 0.2) is 35.3 Å². The fraction of sp³-hybridized carbons (Fsp3) is 0.500. The molecule has 2 rings (SSSR count). The van der Waals surface area contributed by atoms with Crippen molar-refractivity contribution in [1.82, 2.24) is 9.88 Å². The number of pyridine rings is 1. The Labute approximate surface area is 154 Å². The molecule has 6 heteroatoms. The van der Waals surface area contributed by atoms with Gasteiger partial charge in [0, 0.05) is 37.1 Å². The summed E-state index contributed by atoms with van der Waals surface area (Å²) in [6, 6.07) is 7.32. The summed E-state index contributed by atoms with van der Waals surface area (Å²) in [5.74, 6) is 0.329. The minimum Gasteiger partial charge on any atom is -0.487 e. The van der Waals surface area contributed by atoms with Crippen LogP contribution in [0.3, 0.4) is 0 Å². The van der Waals surface area contributed by atoms with E-state index >= 15 is 0 Å². The summed E-state index contributed by atoms with van der Waals surface area (Å²) in [5.41, 5.74) is -0.170. The molecule has 0 saturated carbocycles. The first-order valence-corrected chi connectivity index (χ1v) is 8.87. The molecule has 142 valence electrons. The molecule has 0 amide bonds. The summed E-state index contributed by atoms with van der Waals surface area (Å²) < 4.78 is 12.9. The second-order valence-corrected chi connectivity index (χ2v) is 7.36. The highest BCUT2D eigenvalue weighted by Crippen LogP contribution is 2.22. The molecular weight excluding hydrogens is 332 g/mol. The fourth-order valence-electron chi connectivity index (χ4n) is 2.50. The van der Waals surface area contributed by atoms with Gasteiger partial charge in [-0.3, -0.25) is 9.59 Å². The summed E-state index contributed by atoms with van der Waals surface area (Å²) >= 11 is 0. The topological polar surface area (TPSA) is 69.6 Å². The van der Waals surface area contributed by atoms with Gasteiger partial charge in [0.25, 0.3) is 5.56 Å². The number of fused-ring (bicyclic) bond motifs is 1. The second kappa shape index (κ2) is 8.36. The zero-order valence-corrected chi connectivity index (χ0v) is 16.2. The van der Waals surface area contributed by atoms with E-state index in [2.05, 4.69) is 5.32 Å². The van der Waals surface area contributed by atoms with Crippen LogP contribution in [0, 0.1) is 0 Å². The normalized spacial score (nSPS) is 12.8. The third kappa shape index (κ3) is 5.33. The number of nitrogens with one attached hydrogen (secondary N) is 1. The molecular formula is C20H28N2O4. The van der Waals surface area contributed by atoms with Crippen LogP contribution < -0.4 is 15.6 Å². The number of ether oxygens (including phenoxy) is 2. The van der Waals surface area contributed by atoms with E-state index in [4.69, 9.17) is 9.47 Å². The molecule has 0 aliphatic carbocycles. The van der Waals surface area contributed by atoms with Crippen LogP contribution in [0.1, 0.15) is 34.1 Å². The molecule has 6 nitrogen and oxygen atoms in total.